The fourth-order valence-corrected chi connectivity index (χ4v) is 4.81. The number of carbonyl (C=O) groups is 6. The van der Waals surface area contributed by atoms with Gasteiger partial charge in [0.2, 0.25) is 29.5 Å². The molecule has 0 aliphatic rings. The smallest absolute Gasteiger partial charge is 0.326 e. The van der Waals surface area contributed by atoms with Gasteiger partial charge < -0.3 is 59.1 Å². The number of hydrogen-bond acceptors (Lipinski definition) is 11. The van der Waals surface area contributed by atoms with Gasteiger partial charge in [-0.2, -0.15) is 0 Å². The Bertz CT molecular complexity index is 1450. The van der Waals surface area contributed by atoms with Gasteiger partial charge in [0, 0.05) is 18.0 Å². The van der Waals surface area contributed by atoms with E-state index in [0.29, 0.717) is 24.8 Å². The van der Waals surface area contributed by atoms with Crippen LogP contribution in [0.15, 0.2) is 34.4 Å². The van der Waals surface area contributed by atoms with Crippen molar-refractivity contribution < 1.29 is 44.1 Å². The van der Waals surface area contributed by atoms with Crippen molar-refractivity contribution >= 4 is 41.5 Å². The molecule has 1 aromatic carbocycles. The number of phenols is 1. The number of azide groups is 1. The Labute approximate surface area is 306 Å². The predicted octanol–water partition coefficient (Wildman–Crippen LogP) is -2.03. The van der Waals surface area contributed by atoms with Gasteiger partial charge in [0.25, 0.3) is 0 Å². The molecule has 0 saturated carbocycles. The van der Waals surface area contributed by atoms with Gasteiger partial charge >= 0.3 is 5.97 Å². The quantitative estimate of drug-likeness (QED) is 0.0129. The third-order valence-corrected chi connectivity index (χ3v) is 8.04. The maximum atomic E-state index is 13.1. The van der Waals surface area contributed by atoms with Crippen LogP contribution < -0.4 is 43.8 Å². The molecule has 5 amide bonds. The number of unbranched alkanes of at least 4 members (excludes halogenated alkanes) is 1. The molecular weight excluding hydrogens is 696 g/mol. The number of aliphatic hydroxyl groups excluding tert-OH is 1. The molecule has 21 heteroatoms. The highest BCUT2D eigenvalue weighted by Gasteiger charge is 2.31. The maximum Gasteiger partial charge on any atom is 0.326 e. The zero-order valence-electron chi connectivity index (χ0n) is 29.9. The van der Waals surface area contributed by atoms with Crippen molar-refractivity contribution in [3.05, 3.63) is 40.3 Å². The average molecular weight is 749 g/mol. The lowest BCUT2D eigenvalue weighted by Gasteiger charge is -2.25. The van der Waals surface area contributed by atoms with E-state index in [1.54, 1.807) is 26.0 Å². The van der Waals surface area contributed by atoms with Crippen LogP contribution in [0.4, 0.5) is 0 Å². The molecule has 0 spiro atoms. The maximum absolute atomic E-state index is 13.1. The van der Waals surface area contributed by atoms with Crippen LogP contribution in [0.25, 0.3) is 10.4 Å². The number of amides is 5. The lowest BCUT2D eigenvalue weighted by atomic mass is 9.97. The highest BCUT2D eigenvalue weighted by atomic mass is 16.4. The van der Waals surface area contributed by atoms with Crippen LogP contribution in [-0.4, -0.2) is 113 Å². The summed E-state index contributed by atoms with van der Waals surface area (Å²) in [7, 11) is 0. The summed E-state index contributed by atoms with van der Waals surface area (Å²) in [6.45, 7) is 2.19. The first-order valence-corrected chi connectivity index (χ1v) is 17.0. The number of guanidine groups is 1. The molecule has 0 radical (unpaired) electrons. The SMILES string of the molecule is CC[C@H](C)[C@H](NC(=O)[C@@H](N)Cc1ccc(O)cc1)C(=O)NCC(=O)N[C@@H](CO)C(=O)N[C@@H](CCCN=C(N)N)C(=O)N[C@@H](CCCCN=[N+]=[N-])C(=O)O. The third kappa shape index (κ3) is 17.9. The number of phenolic OH excluding ortho intramolecular Hbond substituents is 1. The fourth-order valence-electron chi connectivity index (χ4n) is 4.81. The second kappa shape index (κ2) is 24.5. The third-order valence-electron chi connectivity index (χ3n) is 8.04. The van der Waals surface area contributed by atoms with Crippen LogP contribution in [0, 0.1) is 5.92 Å². The molecule has 0 fully saturated rings. The number of aliphatic carboxylic acids is 1. The van der Waals surface area contributed by atoms with E-state index in [2.05, 4.69) is 41.6 Å². The molecule has 0 bridgehead atoms. The van der Waals surface area contributed by atoms with Crippen molar-refractivity contribution in [1.29, 1.82) is 0 Å². The van der Waals surface area contributed by atoms with E-state index < -0.39 is 78.9 Å². The molecule has 0 aromatic heterocycles. The molecule has 0 unspecified atom stereocenters. The average Bonchev–Trinajstić information content (AvgIpc) is 3.12. The van der Waals surface area contributed by atoms with Gasteiger partial charge in [-0.25, -0.2) is 4.79 Å². The van der Waals surface area contributed by atoms with Gasteiger partial charge in [-0.05, 0) is 61.2 Å². The van der Waals surface area contributed by atoms with Crippen LogP contribution in [-0.2, 0) is 35.2 Å². The molecular formula is C32H52N12O9. The first-order valence-electron chi connectivity index (χ1n) is 17.0. The normalized spacial score (nSPS) is 14.0. The zero-order valence-corrected chi connectivity index (χ0v) is 29.9. The van der Waals surface area contributed by atoms with E-state index in [4.69, 9.17) is 22.7 Å². The van der Waals surface area contributed by atoms with Crippen molar-refractivity contribution in [3.8, 4) is 5.75 Å². The van der Waals surface area contributed by atoms with E-state index in [-0.39, 0.29) is 56.4 Å². The second-order valence-corrected chi connectivity index (χ2v) is 12.2. The summed E-state index contributed by atoms with van der Waals surface area (Å²) in [5.41, 5.74) is 25.8. The summed E-state index contributed by atoms with van der Waals surface area (Å²) in [4.78, 5) is 83.2. The molecule has 294 valence electrons. The number of benzene rings is 1. The topological polar surface area (TPSA) is 362 Å². The van der Waals surface area contributed by atoms with Gasteiger partial charge in [-0.15, -0.1) is 0 Å². The second-order valence-electron chi connectivity index (χ2n) is 12.2. The first kappa shape index (κ1) is 45.4. The monoisotopic (exact) mass is 748 g/mol. The van der Waals surface area contributed by atoms with Gasteiger partial charge in [0.15, 0.2) is 5.96 Å². The van der Waals surface area contributed by atoms with E-state index >= 15 is 0 Å². The molecule has 21 nitrogen and oxygen atoms in total. The van der Waals surface area contributed by atoms with Crippen molar-refractivity contribution in [2.24, 2.45) is 33.2 Å². The molecule has 53 heavy (non-hydrogen) atoms. The number of hydrogen-bond donors (Lipinski definition) is 11. The Balaban J connectivity index is 2.90. The largest absolute Gasteiger partial charge is 0.508 e. The highest BCUT2D eigenvalue weighted by Crippen LogP contribution is 2.12. The number of aromatic hydroxyl groups is 1. The van der Waals surface area contributed by atoms with Crippen LogP contribution >= 0.6 is 0 Å². The van der Waals surface area contributed by atoms with Crippen molar-refractivity contribution in [3.63, 3.8) is 0 Å². The Morgan fingerprint density at radius 1 is 0.849 bits per heavy atom. The standard InChI is InChI=1S/C32H52N12O9/c1-3-18(2)26(43-27(48)21(33)15-19-9-11-20(46)12-10-19)30(51)38-16-25(47)40-24(17-45)29(50)41-22(8-6-13-37-32(34)35)28(49)42-23(31(52)53)7-4-5-14-39-44-36/h9-12,18,21-24,26,45-46H,3-8,13-17,33H2,1-2H3,(H,38,51)(H,40,47)(H,41,50)(H,42,49)(H,43,48)(H,52,53)(H4,34,35,37)/t18-,21-,22-,23-,24-,26-/m0/s1. The Morgan fingerprint density at radius 2 is 1.47 bits per heavy atom. The molecule has 6 atom stereocenters. The molecule has 0 heterocycles. The van der Waals surface area contributed by atoms with Crippen LogP contribution in [0.5, 0.6) is 5.75 Å². The number of carboxylic acids is 1. The number of carboxylic acid groups (broad SMARTS) is 1. The summed E-state index contributed by atoms with van der Waals surface area (Å²) in [6.07, 6.45) is 1.43. The van der Waals surface area contributed by atoms with E-state index in [1.807, 2.05) is 0 Å². The lowest BCUT2D eigenvalue weighted by Crippen LogP contribution is -2.58. The minimum atomic E-state index is -1.58. The fraction of sp³-hybridized carbons (Fsp3) is 0.594. The van der Waals surface area contributed by atoms with Crippen LogP contribution in [0.3, 0.4) is 0 Å². The Morgan fingerprint density at radius 3 is 2.06 bits per heavy atom. The number of aliphatic imine (C=N–C) groups is 1. The highest BCUT2D eigenvalue weighted by molar-refractivity contribution is 5.95. The number of carbonyl (C=O) groups excluding carboxylic acids is 5. The minimum absolute atomic E-state index is 0.00587. The summed E-state index contributed by atoms with van der Waals surface area (Å²) in [5, 5.41) is 44.4. The number of aliphatic hydroxyl groups is 1. The van der Waals surface area contributed by atoms with E-state index in [0.717, 1.165) is 0 Å². The molecule has 14 N–H and O–H groups in total. The van der Waals surface area contributed by atoms with Gasteiger partial charge in [-0.1, -0.05) is 43.9 Å². The number of nitrogens with two attached hydrogens (primary N) is 3. The lowest BCUT2D eigenvalue weighted by molar-refractivity contribution is -0.142. The number of rotatable bonds is 25. The summed E-state index contributed by atoms with van der Waals surface area (Å²) < 4.78 is 0. The molecule has 0 aliphatic heterocycles. The molecule has 1 aromatic rings. The van der Waals surface area contributed by atoms with Crippen LogP contribution in [0.2, 0.25) is 0 Å². The van der Waals surface area contributed by atoms with E-state index in [9.17, 15) is 44.1 Å². The zero-order chi connectivity index (χ0) is 39.9. The van der Waals surface area contributed by atoms with Gasteiger partial charge in [0.05, 0.1) is 19.2 Å². The predicted molar refractivity (Wildman–Crippen MR) is 192 cm³/mol. The van der Waals surface area contributed by atoms with Crippen molar-refractivity contribution in [2.45, 2.75) is 89.0 Å². The summed E-state index contributed by atoms with van der Waals surface area (Å²) in [6, 6.07) is -0.194. The Hall–Kier alpha value is -5.66. The van der Waals surface area contributed by atoms with Crippen LogP contribution in [0.1, 0.15) is 57.9 Å². The number of nitrogens with zero attached hydrogens (tertiary/aromatic N) is 4. The van der Waals surface area contributed by atoms with Gasteiger partial charge in [0.1, 0.15) is 29.9 Å². The molecule has 1 rings (SSSR count). The summed E-state index contributed by atoms with van der Waals surface area (Å²) in [5.74, 6) is -5.89. The summed E-state index contributed by atoms with van der Waals surface area (Å²) >= 11 is 0. The van der Waals surface area contributed by atoms with E-state index in [1.165, 1.54) is 12.1 Å². The minimum Gasteiger partial charge on any atom is -0.508 e. The number of nitrogens with one attached hydrogen (secondary N) is 5. The Kier molecular flexibility index (Phi) is 21.0. The molecule has 0 saturated heterocycles. The van der Waals surface area contributed by atoms with Crippen molar-refractivity contribution in [2.75, 3.05) is 26.2 Å². The molecule has 0 aliphatic carbocycles. The van der Waals surface area contributed by atoms with Gasteiger partial charge in [-0.3, -0.25) is 29.0 Å². The van der Waals surface area contributed by atoms with Crippen molar-refractivity contribution in [1.82, 2.24) is 26.6 Å². The first-order chi connectivity index (χ1) is 25.1.